The van der Waals surface area contributed by atoms with Crippen LogP contribution in [0.5, 0.6) is 5.75 Å². The Morgan fingerprint density at radius 3 is 2.00 bits per heavy atom. The maximum atomic E-state index is 11.2. The van der Waals surface area contributed by atoms with E-state index in [1.165, 1.54) is 12.1 Å². The lowest BCUT2D eigenvalue weighted by Gasteiger charge is -2.07. The SMILES string of the molecule is N#Cc1cc2nnc3cc(S(=O)(=O)O)c(O)cc3c2cc1C#N. The standard InChI is InChI=1S/C14H6N4O4S/c15-5-7-1-9-10-3-13(19)14(23(20,21)22)4-12(10)18-17-11(9)2-8(7)6-16/h1-4,19H,(H,20,21,22). The second kappa shape index (κ2) is 4.88. The topological polar surface area (TPSA) is 148 Å². The Hall–Kier alpha value is -3.27. The maximum absolute atomic E-state index is 11.2. The molecule has 23 heavy (non-hydrogen) atoms. The van der Waals surface area contributed by atoms with Crippen molar-refractivity contribution >= 4 is 31.9 Å². The first-order valence-electron chi connectivity index (χ1n) is 6.10. The van der Waals surface area contributed by atoms with Crippen LogP contribution in [0.3, 0.4) is 0 Å². The van der Waals surface area contributed by atoms with E-state index >= 15 is 0 Å². The molecule has 8 nitrogen and oxygen atoms in total. The second-order valence-corrected chi connectivity index (χ2v) is 6.04. The molecule has 0 unspecified atom stereocenters. The fourth-order valence-corrected chi connectivity index (χ4v) is 2.83. The summed E-state index contributed by atoms with van der Waals surface area (Å²) in [5.74, 6) is -0.655. The van der Waals surface area contributed by atoms with E-state index in [2.05, 4.69) is 10.2 Å². The molecule has 3 rings (SSSR count). The molecule has 1 aromatic heterocycles. The van der Waals surface area contributed by atoms with Crippen molar-refractivity contribution in [1.29, 1.82) is 10.5 Å². The van der Waals surface area contributed by atoms with Crippen molar-refractivity contribution < 1.29 is 18.1 Å². The molecule has 0 saturated heterocycles. The molecule has 2 N–H and O–H groups in total. The Balaban J connectivity index is 2.48. The van der Waals surface area contributed by atoms with Gasteiger partial charge >= 0.3 is 0 Å². The van der Waals surface area contributed by atoms with Crippen molar-refractivity contribution in [3.05, 3.63) is 35.4 Å². The third-order valence-electron chi connectivity index (χ3n) is 3.29. The average molecular weight is 326 g/mol. The monoisotopic (exact) mass is 326 g/mol. The number of aromatic nitrogens is 2. The van der Waals surface area contributed by atoms with Gasteiger partial charge in [-0.05, 0) is 24.3 Å². The Kier molecular flexibility index (Phi) is 3.11. The van der Waals surface area contributed by atoms with E-state index in [9.17, 15) is 13.5 Å². The van der Waals surface area contributed by atoms with Crippen molar-refractivity contribution in [1.82, 2.24) is 10.2 Å². The average Bonchev–Trinajstić information content (AvgIpc) is 2.51. The summed E-state index contributed by atoms with van der Waals surface area (Å²) >= 11 is 0. The first kappa shape index (κ1) is 14.7. The molecule has 0 aliphatic rings. The fraction of sp³-hybridized carbons (Fsp3) is 0. The molecule has 0 atom stereocenters. The van der Waals surface area contributed by atoms with E-state index in [1.54, 1.807) is 0 Å². The summed E-state index contributed by atoms with van der Waals surface area (Å²) in [7, 11) is -4.61. The summed E-state index contributed by atoms with van der Waals surface area (Å²) in [6.07, 6.45) is 0. The molecule has 0 spiro atoms. The number of nitriles is 2. The summed E-state index contributed by atoms with van der Waals surface area (Å²) in [5.41, 5.74) is 0.670. The lowest BCUT2D eigenvalue weighted by molar-refractivity contribution is 0.444. The molecule has 0 saturated carbocycles. The molecule has 0 aliphatic heterocycles. The number of aromatic hydroxyl groups is 1. The minimum atomic E-state index is -4.61. The van der Waals surface area contributed by atoms with E-state index in [-0.39, 0.29) is 16.6 Å². The number of phenolic OH excluding ortho intramolecular Hbond substituents is 1. The normalized spacial score (nSPS) is 11.3. The van der Waals surface area contributed by atoms with Crippen LogP contribution in [0.1, 0.15) is 11.1 Å². The highest BCUT2D eigenvalue weighted by Gasteiger charge is 2.18. The third-order valence-corrected chi connectivity index (χ3v) is 4.17. The Labute approximate surface area is 129 Å². The minimum absolute atomic E-state index is 0.108. The number of benzene rings is 2. The zero-order chi connectivity index (χ0) is 16.8. The van der Waals surface area contributed by atoms with Crippen LogP contribution in [0.2, 0.25) is 0 Å². The highest BCUT2D eigenvalue weighted by molar-refractivity contribution is 7.86. The van der Waals surface area contributed by atoms with Gasteiger partial charge in [-0.3, -0.25) is 4.55 Å². The van der Waals surface area contributed by atoms with Crippen LogP contribution in [0.4, 0.5) is 0 Å². The highest BCUT2D eigenvalue weighted by Crippen LogP contribution is 2.32. The van der Waals surface area contributed by atoms with Gasteiger partial charge in [-0.25, -0.2) is 0 Å². The number of nitrogens with zero attached hydrogens (tertiary/aromatic N) is 4. The molecule has 2 aromatic carbocycles. The quantitative estimate of drug-likeness (QED) is 0.504. The van der Waals surface area contributed by atoms with E-state index in [1.807, 2.05) is 12.1 Å². The van der Waals surface area contributed by atoms with Crippen molar-refractivity contribution in [2.75, 3.05) is 0 Å². The number of hydrogen-bond acceptors (Lipinski definition) is 7. The van der Waals surface area contributed by atoms with Crippen LogP contribution in [0.15, 0.2) is 29.2 Å². The maximum Gasteiger partial charge on any atom is 0.298 e. The van der Waals surface area contributed by atoms with E-state index in [4.69, 9.17) is 15.1 Å². The van der Waals surface area contributed by atoms with Gasteiger partial charge in [-0.2, -0.15) is 18.9 Å². The molecule has 0 bridgehead atoms. The van der Waals surface area contributed by atoms with E-state index in [0.717, 1.165) is 12.1 Å². The highest BCUT2D eigenvalue weighted by atomic mass is 32.2. The fourth-order valence-electron chi connectivity index (χ4n) is 2.24. The third kappa shape index (κ3) is 2.30. The van der Waals surface area contributed by atoms with Gasteiger partial charge in [0.05, 0.1) is 22.2 Å². The summed E-state index contributed by atoms with van der Waals surface area (Å²) in [5, 5.41) is 36.4. The molecule has 9 heteroatoms. The lowest BCUT2D eigenvalue weighted by Crippen LogP contribution is -2.00. The minimum Gasteiger partial charge on any atom is -0.506 e. The lowest BCUT2D eigenvalue weighted by atomic mass is 10.0. The zero-order valence-corrected chi connectivity index (χ0v) is 12.0. The van der Waals surface area contributed by atoms with Crippen LogP contribution in [-0.2, 0) is 10.1 Å². The molecule has 0 fully saturated rings. The molecule has 0 aliphatic carbocycles. The van der Waals surface area contributed by atoms with Gasteiger partial charge in [-0.1, -0.05) is 0 Å². The number of hydrogen-bond donors (Lipinski definition) is 2. The molecular weight excluding hydrogens is 320 g/mol. The molecule has 0 amide bonds. The summed E-state index contributed by atoms with van der Waals surface area (Å²) in [6.45, 7) is 0. The Morgan fingerprint density at radius 1 is 0.913 bits per heavy atom. The van der Waals surface area contributed by atoms with Gasteiger partial charge in [0.1, 0.15) is 22.8 Å². The van der Waals surface area contributed by atoms with Crippen molar-refractivity contribution in [2.24, 2.45) is 0 Å². The van der Waals surface area contributed by atoms with E-state index in [0.29, 0.717) is 16.3 Å². The van der Waals surface area contributed by atoms with Crippen LogP contribution in [0, 0.1) is 22.7 Å². The van der Waals surface area contributed by atoms with Crippen molar-refractivity contribution in [3.63, 3.8) is 0 Å². The first-order chi connectivity index (χ1) is 10.8. The molecule has 112 valence electrons. The summed E-state index contributed by atoms with van der Waals surface area (Å²) < 4.78 is 31.5. The van der Waals surface area contributed by atoms with Crippen LogP contribution < -0.4 is 0 Å². The second-order valence-electron chi connectivity index (χ2n) is 4.65. The van der Waals surface area contributed by atoms with Gasteiger partial charge in [0.25, 0.3) is 10.1 Å². The predicted octanol–water partition coefficient (Wildman–Crippen LogP) is 1.48. The van der Waals surface area contributed by atoms with Crippen molar-refractivity contribution in [2.45, 2.75) is 4.90 Å². The van der Waals surface area contributed by atoms with Crippen LogP contribution in [0.25, 0.3) is 21.8 Å². The van der Waals surface area contributed by atoms with E-state index < -0.39 is 20.8 Å². The van der Waals surface area contributed by atoms with Crippen LogP contribution in [-0.4, -0.2) is 28.3 Å². The van der Waals surface area contributed by atoms with Crippen molar-refractivity contribution in [3.8, 4) is 17.9 Å². The predicted molar refractivity (Wildman–Crippen MR) is 78.0 cm³/mol. The Morgan fingerprint density at radius 2 is 1.43 bits per heavy atom. The van der Waals surface area contributed by atoms with Gasteiger partial charge in [0.2, 0.25) is 0 Å². The molecule has 3 aromatic rings. The Bertz CT molecular complexity index is 1170. The molecule has 1 heterocycles. The van der Waals surface area contributed by atoms with Gasteiger partial charge in [0, 0.05) is 10.8 Å². The molecular formula is C14H6N4O4S. The smallest absolute Gasteiger partial charge is 0.298 e. The number of fused-ring (bicyclic) bond motifs is 3. The summed E-state index contributed by atoms with van der Waals surface area (Å²) in [6, 6.07) is 8.65. The largest absolute Gasteiger partial charge is 0.506 e. The molecule has 0 radical (unpaired) electrons. The number of rotatable bonds is 1. The van der Waals surface area contributed by atoms with Gasteiger partial charge in [-0.15, -0.1) is 10.2 Å². The van der Waals surface area contributed by atoms with Gasteiger partial charge < -0.3 is 5.11 Å². The first-order valence-corrected chi connectivity index (χ1v) is 7.54. The van der Waals surface area contributed by atoms with Crippen LogP contribution >= 0.6 is 0 Å². The number of phenols is 1. The van der Waals surface area contributed by atoms with Gasteiger partial charge in [0.15, 0.2) is 0 Å². The zero-order valence-electron chi connectivity index (χ0n) is 11.2. The summed E-state index contributed by atoms with van der Waals surface area (Å²) in [4.78, 5) is -0.687.